The minimum absolute atomic E-state index is 0.222. The summed E-state index contributed by atoms with van der Waals surface area (Å²) in [6, 6.07) is 0. The van der Waals surface area contributed by atoms with E-state index in [2.05, 4.69) is 42.8 Å². The lowest BCUT2D eigenvalue weighted by Gasteiger charge is -2.41. The molecule has 1 atom stereocenters. The molecule has 1 aliphatic rings. The maximum Gasteiger partial charge on any atom is 0.0341 e. The summed E-state index contributed by atoms with van der Waals surface area (Å²) >= 11 is 0. The van der Waals surface area contributed by atoms with Crippen LogP contribution in [0.1, 0.15) is 26.2 Å². The molecule has 0 aliphatic carbocycles. The lowest BCUT2D eigenvalue weighted by atomic mass is 9.89. The number of likely N-dealkylation sites (tertiary alicyclic amines) is 1. The van der Waals surface area contributed by atoms with Gasteiger partial charge in [0.2, 0.25) is 0 Å². The summed E-state index contributed by atoms with van der Waals surface area (Å²) in [5.41, 5.74) is 6.35. The fraction of sp³-hybridized carbons (Fsp3) is 1.00. The zero-order chi connectivity index (χ0) is 13.6. The summed E-state index contributed by atoms with van der Waals surface area (Å²) in [4.78, 5) is 7.30. The number of nitrogens with two attached hydrogens (primary N) is 1. The summed E-state index contributed by atoms with van der Waals surface area (Å²) in [5, 5.41) is 0. The predicted molar refractivity (Wildman–Crippen MR) is 78.9 cm³/mol. The van der Waals surface area contributed by atoms with E-state index in [-0.39, 0.29) is 5.54 Å². The summed E-state index contributed by atoms with van der Waals surface area (Å²) < 4.78 is 0. The molecule has 0 aromatic carbocycles. The molecule has 0 amide bonds. The number of rotatable bonds is 6. The van der Waals surface area contributed by atoms with Crippen LogP contribution in [0.15, 0.2) is 0 Å². The second-order valence-corrected chi connectivity index (χ2v) is 5.94. The van der Waals surface area contributed by atoms with Crippen LogP contribution in [0.4, 0.5) is 0 Å². The van der Waals surface area contributed by atoms with Gasteiger partial charge in [0.15, 0.2) is 0 Å². The number of hydrogen-bond donors (Lipinski definition) is 1. The van der Waals surface area contributed by atoms with E-state index in [1.165, 1.54) is 38.9 Å². The first-order chi connectivity index (χ1) is 8.54. The van der Waals surface area contributed by atoms with Crippen LogP contribution in [0.5, 0.6) is 0 Å². The van der Waals surface area contributed by atoms with Gasteiger partial charge in [-0.3, -0.25) is 4.90 Å². The third-order valence-electron chi connectivity index (χ3n) is 4.53. The lowest BCUT2D eigenvalue weighted by molar-refractivity contribution is 0.0989. The highest BCUT2D eigenvalue weighted by Crippen LogP contribution is 2.27. The topological polar surface area (TPSA) is 35.7 Å². The van der Waals surface area contributed by atoms with Crippen molar-refractivity contribution < 1.29 is 0 Å². The minimum atomic E-state index is 0.222. The summed E-state index contributed by atoms with van der Waals surface area (Å²) in [7, 11) is 6.52. The van der Waals surface area contributed by atoms with Crippen molar-refractivity contribution in [1.29, 1.82) is 0 Å². The molecule has 0 aromatic rings. The lowest BCUT2D eigenvalue weighted by Crippen LogP contribution is -2.54. The van der Waals surface area contributed by atoms with Crippen molar-refractivity contribution in [1.82, 2.24) is 14.7 Å². The summed E-state index contributed by atoms with van der Waals surface area (Å²) in [6.45, 7) is 8.85. The molecule has 4 nitrogen and oxygen atoms in total. The van der Waals surface area contributed by atoms with Gasteiger partial charge in [0.1, 0.15) is 0 Å². The van der Waals surface area contributed by atoms with Crippen LogP contribution in [-0.2, 0) is 0 Å². The van der Waals surface area contributed by atoms with Crippen LogP contribution in [0.25, 0.3) is 0 Å². The SMILES string of the molecule is CCN1CCCC(CN)(N(C)CCN(C)C)CC1. The van der Waals surface area contributed by atoms with E-state index in [9.17, 15) is 0 Å². The predicted octanol–water partition coefficient (Wildman–Crippen LogP) is 0.683. The third kappa shape index (κ3) is 4.19. The molecule has 0 aromatic heterocycles. The number of nitrogens with zero attached hydrogens (tertiary/aromatic N) is 3. The van der Waals surface area contributed by atoms with Gasteiger partial charge in [0.25, 0.3) is 0 Å². The number of hydrogen-bond acceptors (Lipinski definition) is 4. The van der Waals surface area contributed by atoms with Gasteiger partial charge in [0.05, 0.1) is 0 Å². The Bertz CT molecular complexity index is 232. The van der Waals surface area contributed by atoms with Crippen LogP contribution >= 0.6 is 0 Å². The summed E-state index contributed by atoms with van der Waals surface area (Å²) in [5.74, 6) is 0. The Morgan fingerprint density at radius 1 is 1.11 bits per heavy atom. The van der Waals surface area contributed by atoms with E-state index in [4.69, 9.17) is 5.73 Å². The van der Waals surface area contributed by atoms with Gasteiger partial charge >= 0.3 is 0 Å². The first kappa shape index (κ1) is 15.9. The molecule has 1 fully saturated rings. The molecule has 0 bridgehead atoms. The average molecular weight is 256 g/mol. The fourth-order valence-electron chi connectivity index (χ4n) is 2.88. The maximum atomic E-state index is 6.13. The highest BCUT2D eigenvalue weighted by Gasteiger charge is 2.34. The third-order valence-corrected chi connectivity index (χ3v) is 4.53. The Hall–Kier alpha value is -0.160. The van der Waals surface area contributed by atoms with Crippen molar-refractivity contribution in [2.45, 2.75) is 31.7 Å². The zero-order valence-electron chi connectivity index (χ0n) is 12.8. The largest absolute Gasteiger partial charge is 0.329 e. The fourth-order valence-corrected chi connectivity index (χ4v) is 2.88. The van der Waals surface area contributed by atoms with Gasteiger partial charge in [-0.2, -0.15) is 0 Å². The van der Waals surface area contributed by atoms with Gasteiger partial charge < -0.3 is 15.5 Å². The molecule has 0 saturated carbocycles. The molecule has 4 heteroatoms. The Morgan fingerprint density at radius 2 is 1.83 bits per heavy atom. The van der Waals surface area contributed by atoms with E-state index >= 15 is 0 Å². The average Bonchev–Trinajstić information content (AvgIpc) is 2.58. The molecule has 108 valence electrons. The van der Waals surface area contributed by atoms with Gasteiger partial charge in [-0.1, -0.05) is 6.92 Å². The van der Waals surface area contributed by atoms with E-state index in [0.29, 0.717) is 0 Å². The molecule has 1 saturated heterocycles. The standard InChI is InChI=1S/C14H32N4/c1-5-18-9-6-7-14(13-15,8-10-18)17(4)12-11-16(2)3/h5-13,15H2,1-4H3. The molecule has 1 unspecified atom stereocenters. The van der Waals surface area contributed by atoms with E-state index in [1.807, 2.05) is 0 Å². The van der Waals surface area contributed by atoms with Crippen molar-refractivity contribution in [3.63, 3.8) is 0 Å². The molecule has 1 rings (SSSR count). The Morgan fingerprint density at radius 3 is 2.39 bits per heavy atom. The molecule has 0 spiro atoms. The van der Waals surface area contributed by atoms with Crippen molar-refractivity contribution >= 4 is 0 Å². The smallest absolute Gasteiger partial charge is 0.0341 e. The van der Waals surface area contributed by atoms with Crippen molar-refractivity contribution in [2.75, 3.05) is 60.4 Å². The van der Waals surface area contributed by atoms with E-state index in [0.717, 1.165) is 19.6 Å². The first-order valence-corrected chi connectivity index (χ1v) is 7.32. The maximum absolute atomic E-state index is 6.13. The van der Waals surface area contributed by atoms with Crippen molar-refractivity contribution in [3.05, 3.63) is 0 Å². The van der Waals surface area contributed by atoms with Crippen LogP contribution in [-0.4, -0.2) is 80.7 Å². The van der Waals surface area contributed by atoms with Crippen LogP contribution < -0.4 is 5.73 Å². The Labute approximate surface area is 113 Å². The molecule has 0 radical (unpaired) electrons. The molecule has 18 heavy (non-hydrogen) atoms. The Kier molecular flexibility index (Phi) is 6.57. The molecule has 2 N–H and O–H groups in total. The monoisotopic (exact) mass is 256 g/mol. The van der Waals surface area contributed by atoms with Gasteiger partial charge in [0, 0.05) is 25.2 Å². The minimum Gasteiger partial charge on any atom is -0.329 e. The zero-order valence-corrected chi connectivity index (χ0v) is 12.8. The van der Waals surface area contributed by atoms with Gasteiger partial charge in [-0.05, 0) is 60.0 Å². The van der Waals surface area contributed by atoms with Gasteiger partial charge in [-0.15, -0.1) is 0 Å². The summed E-state index contributed by atoms with van der Waals surface area (Å²) in [6.07, 6.45) is 3.72. The van der Waals surface area contributed by atoms with Crippen molar-refractivity contribution in [3.8, 4) is 0 Å². The van der Waals surface area contributed by atoms with Crippen molar-refractivity contribution in [2.24, 2.45) is 5.73 Å². The quantitative estimate of drug-likeness (QED) is 0.758. The number of likely N-dealkylation sites (N-methyl/N-ethyl adjacent to an activating group) is 2. The highest BCUT2D eigenvalue weighted by atomic mass is 15.2. The van der Waals surface area contributed by atoms with Crippen LogP contribution in [0.3, 0.4) is 0 Å². The highest BCUT2D eigenvalue weighted by molar-refractivity contribution is 4.93. The second kappa shape index (κ2) is 7.43. The van der Waals surface area contributed by atoms with Gasteiger partial charge in [-0.25, -0.2) is 0 Å². The van der Waals surface area contributed by atoms with Crippen LogP contribution in [0.2, 0.25) is 0 Å². The molecular formula is C14H32N4. The molecule has 1 aliphatic heterocycles. The molecule has 1 heterocycles. The first-order valence-electron chi connectivity index (χ1n) is 7.32. The second-order valence-electron chi connectivity index (χ2n) is 5.94. The van der Waals surface area contributed by atoms with Crippen LogP contribution in [0, 0.1) is 0 Å². The van der Waals surface area contributed by atoms with E-state index < -0.39 is 0 Å². The Balaban J connectivity index is 2.60. The van der Waals surface area contributed by atoms with E-state index in [1.54, 1.807) is 0 Å². The molecular weight excluding hydrogens is 224 g/mol. The normalized spacial score (nSPS) is 26.8.